The lowest BCUT2D eigenvalue weighted by Crippen LogP contribution is -2.42. The van der Waals surface area contributed by atoms with Gasteiger partial charge in [-0.3, -0.25) is 4.79 Å². The Morgan fingerprint density at radius 2 is 1.90 bits per heavy atom. The molecule has 0 bridgehead atoms. The first-order chi connectivity index (χ1) is 14.6. The van der Waals surface area contributed by atoms with Crippen molar-refractivity contribution < 1.29 is 19.0 Å². The minimum atomic E-state index is -0.165. The molecule has 30 heavy (non-hydrogen) atoms. The zero-order valence-corrected chi connectivity index (χ0v) is 18.2. The summed E-state index contributed by atoms with van der Waals surface area (Å²) >= 11 is 1.65. The average Bonchev–Trinajstić information content (AvgIpc) is 3.30. The van der Waals surface area contributed by atoms with Crippen LogP contribution in [-0.4, -0.2) is 38.2 Å². The second-order valence-electron chi connectivity index (χ2n) is 7.27. The summed E-state index contributed by atoms with van der Waals surface area (Å²) in [5.41, 5.74) is 3.35. The first-order valence-corrected chi connectivity index (χ1v) is 10.8. The highest BCUT2D eigenvalue weighted by molar-refractivity contribution is 7.10. The minimum Gasteiger partial charge on any atom is -0.493 e. The third-order valence-corrected chi connectivity index (χ3v) is 6.28. The van der Waals surface area contributed by atoms with Crippen molar-refractivity contribution in [2.75, 3.05) is 27.4 Å². The Bertz CT molecular complexity index is 1030. The molecule has 0 radical (unpaired) electrons. The molecule has 3 aromatic rings. The molecule has 0 saturated heterocycles. The minimum absolute atomic E-state index is 0.00789. The smallest absolute Gasteiger partial charge is 0.261 e. The summed E-state index contributed by atoms with van der Waals surface area (Å²) in [4.78, 5) is 16.2. The Morgan fingerprint density at radius 1 is 1.10 bits per heavy atom. The standard InChI is InChI=1S/C24H25NO4S/c1-16-6-4-7-18(12-16)29-15-23(26)25-10-9-17-13-20(27-2)21(28-3)14-19(17)24(25)22-8-5-11-30-22/h4-8,11-14,24H,9-10,15H2,1-3H3/t24-/m0/s1. The van der Waals surface area contributed by atoms with E-state index in [0.29, 0.717) is 23.8 Å². The molecule has 1 amide bonds. The van der Waals surface area contributed by atoms with Crippen molar-refractivity contribution in [1.29, 1.82) is 0 Å². The van der Waals surface area contributed by atoms with Crippen molar-refractivity contribution >= 4 is 17.2 Å². The predicted octanol–water partition coefficient (Wildman–Crippen LogP) is 4.63. The van der Waals surface area contributed by atoms with Crippen LogP contribution in [-0.2, 0) is 11.2 Å². The van der Waals surface area contributed by atoms with Gasteiger partial charge in [0.15, 0.2) is 18.1 Å². The maximum absolute atomic E-state index is 13.2. The van der Waals surface area contributed by atoms with Gasteiger partial charge in [0.25, 0.3) is 5.91 Å². The number of carbonyl (C=O) groups is 1. The van der Waals surface area contributed by atoms with Gasteiger partial charge >= 0.3 is 0 Å². The summed E-state index contributed by atoms with van der Waals surface area (Å²) in [5.74, 6) is 2.06. The van der Waals surface area contributed by atoms with Gasteiger partial charge in [0.1, 0.15) is 5.75 Å². The predicted molar refractivity (Wildman–Crippen MR) is 118 cm³/mol. The number of ether oxygens (including phenoxy) is 3. The van der Waals surface area contributed by atoms with Crippen LogP contribution in [0.5, 0.6) is 17.2 Å². The number of thiophene rings is 1. The third-order valence-electron chi connectivity index (χ3n) is 5.36. The summed E-state index contributed by atoms with van der Waals surface area (Å²) in [6.45, 7) is 2.64. The Hall–Kier alpha value is -2.99. The zero-order valence-electron chi connectivity index (χ0n) is 17.4. The highest BCUT2D eigenvalue weighted by Gasteiger charge is 2.34. The van der Waals surface area contributed by atoms with Gasteiger partial charge in [-0.25, -0.2) is 0 Å². The molecular formula is C24H25NO4S. The second kappa shape index (κ2) is 8.79. The van der Waals surface area contributed by atoms with Gasteiger partial charge in [-0.1, -0.05) is 18.2 Å². The Labute approximate surface area is 180 Å². The Balaban J connectivity index is 1.64. The second-order valence-corrected chi connectivity index (χ2v) is 8.25. The number of amides is 1. The fourth-order valence-electron chi connectivity index (χ4n) is 3.90. The van der Waals surface area contributed by atoms with Crippen LogP contribution < -0.4 is 14.2 Å². The largest absolute Gasteiger partial charge is 0.493 e. The van der Waals surface area contributed by atoms with Gasteiger partial charge in [0.05, 0.1) is 20.3 Å². The van der Waals surface area contributed by atoms with Crippen LogP contribution in [0.1, 0.15) is 27.6 Å². The molecule has 0 saturated carbocycles. The van der Waals surface area contributed by atoms with Crippen molar-refractivity contribution in [3.05, 3.63) is 75.5 Å². The van der Waals surface area contributed by atoms with Crippen LogP contribution in [0, 0.1) is 6.92 Å². The first kappa shape index (κ1) is 20.3. The van der Waals surface area contributed by atoms with E-state index in [2.05, 4.69) is 6.07 Å². The third kappa shape index (κ3) is 4.00. The molecule has 2 aromatic carbocycles. The molecule has 0 fully saturated rings. The van der Waals surface area contributed by atoms with E-state index in [-0.39, 0.29) is 18.6 Å². The first-order valence-electron chi connectivity index (χ1n) is 9.88. The van der Waals surface area contributed by atoms with Gasteiger partial charge < -0.3 is 19.1 Å². The van der Waals surface area contributed by atoms with Gasteiger partial charge in [-0.05, 0) is 65.7 Å². The molecule has 5 nitrogen and oxygen atoms in total. The number of rotatable bonds is 6. The molecule has 2 heterocycles. The highest BCUT2D eigenvalue weighted by atomic mass is 32.1. The van der Waals surface area contributed by atoms with Gasteiger partial charge in [0.2, 0.25) is 0 Å². The van der Waals surface area contributed by atoms with E-state index in [9.17, 15) is 4.79 Å². The molecule has 1 atom stereocenters. The number of nitrogens with zero attached hydrogens (tertiary/aromatic N) is 1. The van der Waals surface area contributed by atoms with Crippen molar-refractivity contribution in [3.63, 3.8) is 0 Å². The number of aryl methyl sites for hydroxylation is 1. The zero-order chi connectivity index (χ0) is 21.1. The number of carbonyl (C=O) groups excluding carboxylic acids is 1. The normalized spacial score (nSPS) is 15.4. The number of hydrogen-bond donors (Lipinski definition) is 0. The fraction of sp³-hybridized carbons (Fsp3) is 0.292. The number of fused-ring (bicyclic) bond motifs is 1. The monoisotopic (exact) mass is 423 g/mol. The van der Waals surface area contributed by atoms with Gasteiger partial charge in [-0.15, -0.1) is 11.3 Å². The van der Waals surface area contributed by atoms with Crippen LogP contribution in [0.2, 0.25) is 0 Å². The molecule has 0 N–H and O–H groups in total. The number of hydrogen-bond acceptors (Lipinski definition) is 5. The summed E-state index contributed by atoms with van der Waals surface area (Å²) in [6, 6.07) is 15.7. The molecule has 6 heteroatoms. The highest BCUT2D eigenvalue weighted by Crippen LogP contribution is 2.42. The molecule has 0 spiro atoms. The van der Waals surface area contributed by atoms with E-state index < -0.39 is 0 Å². The van der Waals surface area contributed by atoms with E-state index in [0.717, 1.165) is 22.4 Å². The lowest BCUT2D eigenvalue weighted by atomic mass is 9.90. The Morgan fingerprint density at radius 3 is 2.60 bits per heavy atom. The fourth-order valence-corrected chi connectivity index (χ4v) is 4.76. The number of benzene rings is 2. The summed E-state index contributed by atoms with van der Waals surface area (Å²) < 4.78 is 16.8. The summed E-state index contributed by atoms with van der Waals surface area (Å²) in [7, 11) is 3.27. The van der Waals surface area contributed by atoms with E-state index in [1.165, 1.54) is 5.56 Å². The van der Waals surface area contributed by atoms with E-state index in [1.54, 1.807) is 25.6 Å². The average molecular weight is 424 g/mol. The van der Waals surface area contributed by atoms with Crippen LogP contribution in [0.4, 0.5) is 0 Å². The van der Waals surface area contributed by atoms with Gasteiger partial charge in [-0.2, -0.15) is 0 Å². The van der Waals surface area contributed by atoms with Crippen LogP contribution >= 0.6 is 11.3 Å². The van der Waals surface area contributed by atoms with Crippen molar-refractivity contribution in [2.24, 2.45) is 0 Å². The van der Waals surface area contributed by atoms with E-state index in [1.807, 2.05) is 59.7 Å². The summed E-state index contributed by atoms with van der Waals surface area (Å²) in [5, 5.41) is 2.04. The van der Waals surface area contributed by atoms with Crippen LogP contribution in [0.3, 0.4) is 0 Å². The van der Waals surface area contributed by atoms with Crippen LogP contribution in [0.15, 0.2) is 53.9 Å². The van der Waals surface area contributed by atoms with E-state index >= 15 is 0 Å². The van der Waals surface area contributed by atoms with E-state index in [4.69, 9.17) is 14.2 Å². The maximum atomic E-state index is 13.2. The molecule has 4 rings (SSSR count). The summed E-state index contributed by atoms with van der Waals surface area (Å²) in [6.07, 6.45) is 0.758. The molecule has 1 aliphatic rings. The molecule has 156 valence electrons. The van der Waals surface area contributed by atoms with Crippen molar-refractivity contribution in [2.45, 2.75) is 19.4 Å². The molecule has 1 aliphatic heterocycles. The van der Waals surface area contributed by atoms with Crippen LogP contribution in [0.25, 0.3) is 0 Å². The maximum Gasteiger partial charge on any atom is 0.261 e. The molecule has 0 unspecified atom stereocenters. The van der Waals surface area contributed by atoms with Gasteiger partial charge in [0, 0.05) is 11.4 Å². The quantitative estimate of drug-likeness (QED) is 0.580. The number of methoxy groups -OCH3 is 2. The molecule has 1 aromatic heterocycles. The lowest BCUT2D eigenvalue weighted by Gasteiger charge is -2.37. The Kier molecular flexibility index (Phi) is 5.95. The molecule has 0 aliphatic carbocycles. The van der Waals surface area contributed by atoms with Crippen molar-refractivity contribution in [3.8, 4) is 17.2 Å². The molecular weight excluding hydrogens is 398 g/mol. The topological polar surface area (TPSA) is 48.0 Å². The lowest BCUT2D eigenvalue weighted by molar-refractivity contribution is -0.135. The van der Waals surface area contributed by atoms with Crippen molar-refractivity contribution in [1.82, 2.24) is 4.90 Å². The SMILES string of the molecule is COc1cc2c(cc1OC)[C@@H](c1cccs1)N(C(=O)COc1cccc(C)c1)CC2.